The standard InChI is InChI=1S/C18H24N2O5/c1-18(2,3)25-17(22)20-15(16(21)24-5)8-11-10-19-14-9-12(23-4)6-7-13(11)14/h6-7,9-10,15,19H,8H2,1-5H3,(H,20,22)/t15-/m0/s1. The summed E-state index contributed by atoms with van der Waals surface area (Å²) in [6, 6.07) is 4.77. The smallest absolute Gasteiger partial charge is 0.408 e. The highest BCUT2D eigenvalue weighted by Crippen LogP contribution is 2.24. The van der Waals surface area contributed by atoms with Crippen molar-refractivity contribution in [2.75, 3.05) is 14.2 Å². The van der Waals surface area contributed by atoms with E-state index in [0.29, 0.717) is 0 Å². The van der Waals surface area contributed by atoms with Crippen LogP contribution in [0.15, 0.2) is 24.4 Å². The molecular weight excluding hydrogens is 324 g/mol. The van der Waals surface area contributed by atoms with E-state index in [2.05, 4.69) is 10.3 Å². The number of ether oxygens (including phenoxy) is 3. The van der Waals surface area contributed by atoms with Gasteiger partial charge < -0.3 is 24.5 Å². The normalized spacial score (nSPS) is 12.5. The van der Waals surface area contributed by atoms with Gasteiger partial charge in [-0.3, -0.25) is 0 Å². The van der Waals surface area contributed by atoms with E-state index in [1.54, 1.807) is 34.1 Å². The second kappa shape index (κ2) is 7.46. The Morgan fingerprint density at radius 1 is 1.24 bits per heavy atom. The predicted octanol–water partition coefficient (Wildman–Crippen LogP) is 2.79. The van der Waals surface area contributed by atoms with E-state index in [0.717, 1.165) is 22.2 Å². The molecule has 0 aliphatic rings. The molecule has 136 valence electrons. The van der Waals surface area contributed by atoms with Gasteiger partial charge in [0.2, 0.25) is 0 Å². The maximum Gasteiger partial charge on any atom is 0.408 e. The summed E-state index contributed by atoms with van der Waals surface area (Å²) in [4.78, 5) is 27.2. The molecule has 25 heavy (non-hydrogen) atoms. The van der Waals surface area contributed by atoms with Gasteiger partial charge in [0.25, 0.3) is 0 Å². The summed E-state index contributed by atoms with van der Waals surface area (Å²) in [5, 5.41) is 3.52. The van der Waals surface area contributed by atoms with Crippen molar-refractivity contribution in [1.82, 2.24) is 10.3 Å². The third-order valence-corrected chi connectivity index (χ3v) is 3.58. The average Bonchev–Trinajstić information content (AvgIpc) is 2.93. The van der Waals surface area contributed by atoms with Crippen molar-refractivity contribution in [2.24, 2.45) is 0 Å². The number of methoxy groups -OCH3 is 2. The number of aromatic nitrogens is 1. The lowest BCUT2D eigenvalue weighted by Crippen LogP contribution is -2.45. The van der Waals surface area contributed by atoms with Gasteiger partial charge in [0.15, 0.2) is 0 Å². The van der Waals surface area contributed by atoms with Crippen LogP contribution < -0.4 is 10.1 Å². The van der Waals surface area contributed by atoms with Crippen LogP contribution in [0.25, 0.3) is 10.9 Å². The van der Waals surface area contributed by atoms with Crippen LogP contribution in [-0.4, -0.2) is 42.9 Å². The molecule has 1 heterocycles. The minimum Gasteiger partial charge on any atom is -0.497 e. The molecule has 0 unspecified atom stereocenters. The van der Waals surface area contributed by atoms with Crippen molar-refractivity contribution in [1.29, 1.82) is 0 Å². The Kier molecular flexibility index (Phi) is 5.56. The highest BCUT2D eigenvalue weighted by molar-refractivity contribution is 5.87. The van der Waals surface area contributed by atoms with Gasteiger partial charge in [0, 0.05) is 29.6 Å². The van der Waals surface area contributed by atoms with Gasteiger partial charge >= 0.3 is 12.1 Å². The molecule has 0 radical (unpaired) electrons. The number of fused-ring (bicyclic) bond motifs is 1. The number of aromatic amines is 1. The first-order chi connectivity index (χ1) is 11.7. The Morgan fingerprint density at radius 3 is 2.56 bits per heavy atom. The van der Waals surface area contributed by atoms with E-state index >= 15 is 0 Å². The van der Waals surface area contributed by atoms with E-state index in [9.17, 15) is 9.59 Å². The summed E-state index contributed by atoms with van der Waals surface area (Å²) in [6.07, 6.45) is 1.42. The Balaban J connectivity index is 2.20. The molecule has 2 rings (SSSR count). The zero-order valence-electron chi connectivity index (χ0n) is 15.1. The molecule has 1 aromatic heterocycles. The van der Waals surface area contributed by atoms with E-state index in [1.165, 1.54) is 7.11 Å². The number of benzene rings is 1. The number of rotatable bonds is 5. The van der Waals surface area contributed by atoms with Gasteiger partial charge in [0.1, 0.15) is 17.4 Å². The number of H-pyrrole nitrogens is 1. The van der Waals surface area contributed by atoms with Gasteiger partial charge in [-0.2, -0.15) is 0 Å². The number of carbonyl (C=O) groups is 2. The Morgan fingerprint density at radius 2 is 1.96 bits per heavy atom. The first kappa shape index (κ1) is 18.6. The second-order valence-corrected chi connectivity index (χ2v) is 6.65. The topological polar surface area (TPSA) is 89.7 Å². The van der Waals surface area contributed by atoms with Crippen LogP contribution in [0, 0.1) is 0 Å². The lowest BCUT2D eigenvalue weighted by molar-refractivity contribution is -0.143. The number of hydrogen-bond donors (Lipinski definition) is 2. The molecular formula is C18H24N2O5. The van der Waals surface area contributed by atoms with Gasteiger partial charge in [-0.25, -0.2) is 9.59 Å². The van der Waals surface area contributed by atoms with Crippen molar-refractivity contribution in [2.45, 2.75) is 38.8 Å². The largest absolute Gasteiger partial charge is 0.497 e. The van der Waals surface area contributed by atoms with Crippen molar-refractivity contribution in [3.05, 3.63) is 30.0 Å². The SMILES string of the molecule is COC(=O)[C@H](Cc1c[nH]c2cc(OC)ccc12)NC(=O)OC(C)(C)C. The maximum absolute atomic E-state index is 12.1. The van der Waals surface area contributed by atoms with Crippen LogP contribution in [0.1, 0.15) is 26.3 Å². The first-order valence-corrected chi connectivity index (χ1v) is 7.95. The molecule has 2 N–H and O–H groups in total. The molecule has 1 atom stereocenters. The van der Waals surface area contributed by atoms with E-state index in [4.69, 9.17) is 14.2 Å². The molecule has 1 amide bonds. The van der Waals surface area contributed by atoms with E-state index < -0.39 is 23.7 Å². The van der Waals surface area contributed by atoms with Crippen LogP contribution in [0.2, 0.25) is 0 Å². The molecule has 0 spiro atoms. The van der Waals surface area contributed by atoms with Crippen molar-refractivity contribution in [3.8, 4) is 5.75 Å². The summed E-state index contributed by atoms with van der Waals surface area (Å²) in [5.74, 6) is 0.200. The zero-order chi connectivity index (χ0) is 18.6. The molecule has 0 aliphatic carbocycles. The van der Waals surface area contributed by atoms with Gasteiger partial charge in [0.05, 0.1) is 14.2 Å². The number of carbonyl (C=O) groups excluding carboxylic acids is 2. The van der Waals surface area contributed by atoms with Crippen LogP contribution in [0.4, 0.5) is 4.79 Å². The molecule has 2 aromatic rings. The average molecular weight is 348 g/mol. The number of amides is 1. The lowest BCUT2D eigenvalue weighted by Gasteiger charge is -2.22. The molecule has 0 bridgehead atoms. The highest BCUT2D eigenvalue weighted by atomic mass is 16.6. The summed E-state index contributed by atoms with van der Waals surface area (Å²) < 4.78 is 15.2. The molecule has 0 saturated carbocycles. The molecule has 0 aliphatic heterocycles. The molecule has 7 nitrogen and oxygen atoms in total. The fourth-order valence-corrected chi connectivity index (χ4v) is 2.47. The van der Waals surface area contributed by atoms with Gasteiger partial charge in [-0.05, 0) is 38.5 Å². The molecule has 0 fully saturated rings. The minimum atomic E-state index is -0.846. The monoisotopic (exact) mass is 348 g/mol. The maximum atomic E-state index is 12.1. The number of esters is 1. The van der Waals surface area contributed by atoms with Crippen LogP contribution >= 0.6 is 0 Å². The molecule has 0 saturated heterocycles. The Bertz CT molecular complexity index is 760. The van der Waals surface area contributed by atoms with Gasteiger partial charge in [-0.1, -0.05) is 0 Å². The van der Waals surface area contributed by atoms with E-state index in [1.807, 2.05) is 18.2 Å². The number of hydrogen-bond acceptors (Lipinski definition) is 5. The van der Waals surface area contributed by atoms with Crippen molar-refractivity contribution >= 4 is 23.0 Å². The minimum absolute atomic E-state index is 0.276. The Labute approximate surface area is 146 Å². The van der Waals surface area contributed by atoms with E-state index in [-0.39, 0.29) is 6.42 Å². The summed E-state index contributed by atoms with van der Waals surface area (Å²) in [5.41, 5.74) is 1.11. The second-order valence-electron chi connectivity index (χ2n) is 6.65. The fraction of sp³-hybridized carbons (Fsp3) is 0.444. The zero-order valence-corrected chi connectivity index (χ0v) is 15.1. The quantitative estimate of drug-likeness (QED) is 0.811. The molecule has 1 aromatic carbocycles. The molecule has 7 heteroatoms. The highest BCUT2D eigenvalue weighted by Gasteiger charge is 2.26. The van der Waals surface area contributed by atoms with Crippen molar-refractivity contribution in [3.63, 3.8) is 0 Å². The predicted molar refractivity (Wildman–Crippen MR) is 93.7 cm³/mol. The number of nitrogens with one attached hydrogen (secondary N) is 2. The first-order valence-electron chi connectivity index (χ1n) is 7.95. The van der Waals surface area contributed by atoms with Gasteiger partial charge in [-0.15, -0.1) is 0 Å². The Hall–Kier alpha value is -2.70. The fourth-order valence-electron chi connectivity index (χ4n) is 2.47. The third-order valence-electron chi connectivity index (χ3n) is 3.58. The van der Waals surface area contributed by atoms with Crippen LogP contribution in [0.3, 0.4) is 0 Å². The summed E-state index contributed by atoms with van der Waals surface area (Å²) >= 11 is 0. The summed E-state index contributed by atoms with van der Waals surface area (Å²) in [7, 11) is 2.88. The summed E-state index contributed by atoms with van der Waals surface area (Å²) in [6.45, 7) is 5.27. The lowest BCUT2D eigenvalue weighted by atomic mass is 10.0. The van der Waals surface area contributed by atoms with Crippen molar-refractivity contribution < 1.29 is 23.8 Å². The van der Waals surface area contributed by atoms with Crippen LogP contribution in [-0.2, 0) is 20.7 Å². The number of alkyl carbamates (subject to hydrolysis) is 1. The third kappa shape index (κ3) is 4.89. The van der Waals surface area contributed by atoms with Crippen LogP contribution in [0.5, 0.6) is 5.75 Å².